The van der Waals surface area contributed by atoms with Gasteiger partial charge in [0.2, 0.25) is 0 Å². The Morgan fingerprint density at radius 2 is 1.50 bits per heavy atom. The van der Waals surface area contributed by atoms with Crippen LogP contribution in [0.1, 0.15) is 10.4 Å². The van der Waals surface area contributed by atoms with E-state index in [9.17, 15) is 25.0 Å². The first-order valence-electron chi connectivity index (χ1n) is 7.89. The fourth-order valence-corrected chi connectivity index (χ4v) is 2.80. The number of benzene rings is 3. The Kier molecular flexibility index (Phi) is 5.23. The Morgan fingerprint density at radius 1 is 0.893 bits per heavy atom. The van der Waals surface area contributed by atoms with Crippen LogP contribution in [-0.2, 0) is 0 Å². The summed E-state index contributed by atoms with van der Waals surface area (Å²) in [6.07, 6.45) is 0. The molecule has 10 heteroatoms. The van der Waals surface area contributed by atoms with Crippen molar-refractivity contribution in [3.05, 3.63) is 86.5 Å². The predicted octanol–water partition coefficient (Wildman–Crippen LogP) is 3.78. The molecule has 2 N–H and O–H groups in total. The summed E-state index contributed by atoms with van der Waals surface area (Å²) in [6, 6.07) is 15.7. The summed E-state index contributed by atoms with van der Waals surface area (Å²) in [6.45, 7) is 0. The van der Waals surface area contributed by atoms with Crippen molar-refractivity contribution >= 4 is 51.1 Å². The van der Waals surface area contributed by atoms with E-state index in [-0.39, 0.29) is 10.7 Å². The standard InChI is InChI=1S/C18H12N4O5S/c23-17(12-8-13(21(24)25)10-14(9-12)22(26)27)20-18(28)19-16-7-3-5-11-4-1-2-6-15(11)16/h1-10H,(H2,19,20,23,28). The Hall–Kier alpha value is -3.92. The first-order valence-corrected chi connectivity index (χ1v) is 8.30. The van der Waals surface area contributed by atoms with Crippen LogP contribution in [0.15, 0.2) is 60.7 Å². The molecule has 0 spiro atoms. The van der Waals surface area contributed by atoms with Crippen LogP contribution in [0, 0.1) is 20.2 Å². The number of carbonyl (C=O) groups excluding carboxylic acids is 1. The summed E-state index contributed by atoms with van der Waals surface area (Å²) in [4.78, 5) is 32.7. The second kappa shape index (κ2) is 7.76. The number of hydrogen-bond acceptors (Lipinski definition) is 6. The van der Waals surface area contributed by atoms with Gasteiger partial charge in [-0.3, -0.25) is 30.3 Å². The van der Waals surface area contributed by atoms with Gasteiger partial charge < -0.3 is 5.32 Å². The molecule has 0 aromatic heterocycles. The molecular formula is C18H12N4O5S. The Bertz CT molecular complexity index is 1090. The van der Waals surface area contributed by atoms with E-state index in [1.807, 2.05) is 36.4 Å². The number of non-ortho nitro benzene ring substituents is 2. The van der Waals surface area contributed by atoms with Crippen LogP contribution < -0.4 is 10.6 Å². The van der Waals surface area contributed by atoms with Crippen LogP contribution in [0.25, 0.3) is 10.8 Å². The highest BCUT2D eigenvalue weighted by atomic mass is 32.1. The fourth-order valence-electron chi connectivity index (χ4n) is 2.60. The Morgan fingerprint density at radius 3 is 2.14 bits per heavy atom. The van der Waals surface area contributed by atoms with Gasteiger partial charge in [-0.05, 0) is 23.7 Å². The Balaban J connectivity index is 1.82. The van der Waals surface area contributed by atoms with E-state index in [0.717, 1.165) is 29.0 Å². The number of nitro groups is 2. The van der Waals surface area contributed by atoms with Crippen molar-refractivity contribution in [3.63, 3.8) is 0 Å². The first-order chi connectivity index (χ1) is 13.3. The maximum Gasteiger partial charge on any atom is 0.277 e. The molecule has 0 aliphatic heterocycles. The van der Waals surface area contributed by atoms with Crippen molar-refractivity contribution in [2.24, 2.45) is 0 Å². The number of anilines is 1. The average Bonchev–Trinajstić information content (AvgIpc) is 2.67. The van der Waals surface area contributed by atoms with E-state index in [1.165, 1.54) is 0 Å². The van der Waals surface area contributed by atoms with Gasteiger partial charge in [0, 0.05) is 23.2 Å². The number of rotatable bonds is 4. The van der Waals surface area contributed by atoms with E-state index in [2.05, 4.69) is 10.6 Å². The SMILES string of the molecule is O=C(NC(=S)Nc1cccc2ccccc12)c1cc([N+](=O)[O-])cc([N+](=O)[O-])c1. The minimum Gasteiger partial charge on any atom is -0.332 e. The van der Waals surface area contributed by atoms with Crippen LogP contribution >= 0.6 is 12.2 Å². The molecule has 140 valence electrons. The maximum absolute atomic E-state index is 12.4. The smallest absolute Gasteiger partial charge is 0.277 e. The number of nitrogens with one attached hydrogen (secondary N) is 2. The highest BCUT2D eigenvalue weighted by Crippen LogP contribution is 2.24. The summed E-state index contributed by atoms with van der Waals surface area (Å²) in [7, 11) is 0. The molecule has 0 atom stereocenters. The van der Waals surface area contributed by atoms with E-state index in [1.54, 1.807) is 6.07 Å². The van der Waals surface area contributed by atoms with Crippen LogP contribution in [0.3, 0.4) is 0 Å². The van der Waals surface area contributed by atoms with Crippen molar-refractivity contribution in [3.8, 4) is 0 Å². The number of carbonyl (C=O) groups is 1. The molecule has 0 aliphatic rings. The van der Waals surface area contributed by atoms with E-state index >= 15 is 0 Å². The zero-order valence-corrected chi connectivity index (χ0v) is 14.9. The molecule has 0 saturated heterocycles. The maximum atomic E-state index is 12.4. The average molecular weight is 396 g/mol. The molecule has 3 aromatic rings. The molecule has 9 nitrogen and oxygen atoms in total. The van der Waals surface area contributed by atoms with Gasteiger partial charge in [-0.15, -0.1) is 0 Å². The summed E-state index contributed by atoms with van der Waals surface area (Å²) in [5, 5.41) is 29.0. The molecule has 0 heterocycles. The number of nitro benzene ring substituents is 2. The molecule has 0 radical (unpaired) electrons. The van der Waals surface area contributed by atoms with Gasteiger partial charge in [0.15, 0.2) is 5.11 Å². The third-order valence-electron chi connectivity index (χ3n) is 3.85. The Labute approximate surface area is 163 Å². The minimum absolute atomic E-state index is 0.0458. The number of hydrogen-bond donors (Lipinski definition) is 2. The molecule has 0 unspecified atom stereocenters. The molecular weight excluding hydrogens is 384 g/mol. The third-order valence-corrected chi connectivity index (χ3v) is 4.06. The van der Waals surface area contributed by atoms with Gasteiger partial charge in [0.1, 0.15) is 0 Å². The largest absolute Gasteiger partial charge is 0.332 e. The van der Waals surface area contributed by atoms with Crippen LogP contribution in [-0.4, -0.2) is 20.9 Å². The van der Waals surface area contributed by atoms with E-state index in [0.29, 0.717) is 5.69 Å². The molecule has 1 amide bonds. The molecule has 28 heavy (non-hydrogen) atoms. The van der Waals surface area contributed by atoms with Crippen molar-refractivity contribution in [2.45, 2.75) is 0 Å². The normalized spacial score (nSPS) is 10.3. The monoisotopic (exact) mass is 396 g/mol. The molecule has 3 aromatic carbocycles. The third kappa shape index (κ3) is 4.07. The second-order valence-corrected chi connectivity index (χ2v) is 6.10. The minimum atomic E-state index is -0.809. The van der Waals surface area contributed by atoms with Gasteiger partial charge in [-0.1, -0.05) is 36.4 Å². The van der Waals surface area contributed by atoms with Crippen molar-refractivity contribution in [2.75, 3.05) is 5.32 Å². The zero-order valence-electron chi connectivity index (χ0n) is 14.1. The number of amides is 1. The summed E-state index contributed by atoms with van der Waals surface area (Å²) in [5.74, 6) is -0.801. The summed E-state index contributed by atoms with van der Waals surface area (Å²) in [5.41, 5.74) is -0.712. The predicted molar refractivity (Wildman–Crippen MR) is 107 cm³/mol. The molecule has 0 bridgehead atoms. The first kappa shape index (κ1) is 18.9. The van der Waals surface area contributed by atoms with Crippen molar-refractivity contribution < 1.29 is 14.6 Å². The van der Waals surface area contributed by atoms with E-state index in [4.69, 9.17) is 12.2 Å². The molecule has 0 saturated carbocycles. The highest BCUT2D eigenvalue weighted by Gasteiger charge is 2.20. The van der Waals surface area contributed by atoms with Crippen LogP contribution in [0.4, 0.5) is 17.1 Å². The second-order valence-electron chi connectivity index (χ2n) is 5.69. The lowest BCUT2D eigenvalue weighted by molar-refractivity contribution is -0.394. The fraction of sp³-hybridized carbons (Fsp3) is 0. The lowest BCUT2D eigenvalue weighted by Crippen LogP contribution is -2.34. The van der Waals surface area contributed by atoms with Crippen molar-refractivity contribution in [1.82, 2.24) is 5.32 Å². The zero-order chi connectivity index (χ0) is 20.3. The molecule has 0 fully saturated rings. The van der Waals surface area contributed by atoms with Crippen LogP contribution in [0.2, 0.25) is 0 Å². The lowest BCUT2D eigenvalue weighted by atomic mass is 10.1. The number of fused-ring (bicyclic) bond motifs is 1. The highest BCUT2D eigenvalue weighted by molar-refractivity contribution is 7.80. The van der Waals surface area contributed by atoms with Crippen LogP contribution in [0.5, 0.6) is 0 Å². The van der Waals surface area contributed by atoms with Gasteiger partial charge in [0.25, 0.3) is 17.3 Å². The molecule has 3 rings (SSSR count). The summed E-state index contributed by atoms with van der Waals surface area (Å²) < 4.78 is 0. The number of thiocarbonyl (C=S) groups is 1. The van der Waals surface area contributed by atoms with Gasteiger partial charge in [-0.2, -0.15) is 0 Å². The molecule has 0 aliphatic carbocycles. The van der Waals surface area contributed by atoms with Crippen molar-refractivity contribution in [1.29, 1.82) is 0 Å². The summed E-state index contributed by atoms with van der Waals surface area (Å²) >= 11 is 5.13. The lowest BCUT2D eigenvalue weighted by Gasteiger charge is -2.12. The topological polar surface area (TPSA) is 127 Å². The van der Waals surface area contributed by atoms with Gasteiger partial charge in [0.05, 0.1) is 21.5 Å². The quantitative estimate of drug-likeness (QED) is 0.390. The van der Waals surface area contributed by atoms with Gasteiger partial charge in [-0.25, -0.2) is 0 Å². The van der Waals surface area contributed by atoms with E-state index < -0.39 is 27.1 Å². The van der Waals surface area contributed by atoms with Gasteiger partial charge >= 0.3 is 0 Å². The number of nitrogens with zero attached hydrogens (tertiary/aromatic N) is 2.